The van der Waals surface area contributed by atoms with Crippen LogP contribution in [0.4, 0.5) is 0 Å². The number of benzene rings is 1. The molecule has 0 bridgehead atoms. The van der Waals surface area contributed by atoms with Crippen molar-refractivity contribution < 1.29 is 18.3 Å². The summed E-state index contributed by atoms with van der Waals surface area (Å²) in [5, 5.41) is 10.5. The number of morpholine rings is 1. The third-order valence-corrected chi connectivity index (χ3v) is 7.06. The van der Waals surface area contributed by atoms with Gasteiger partial charge in [0.05, 0.1) is 23.2 Å². The zero-order valence-corrected chi connectivity index (χ0v) is 17.0. The van der Waals surface area contributed by atoms with Crippen molar-refractivity contribution in [2.45, 2.75) is 37.1 Å². The average molecular weight is 398 g/mol. The molecule has 27 heavy (non-hydrogen) atoms. The molecule has 1 aromatic carbocycles. The van der Waals surface area contributed by atoms with E-state index in [2.05, 4.69) is 23.6 Å². The number of ether oxygens (including phenoxy) is 1. The molecule has 0 radical (unpaired) electrons. The second-order valence-electron chi connectivity index (χ2n) is 7.65. The molecule has 2 saturated heterocycles. The van der Waals surface area contributed by atoms with E-state index in [1.165, 1.54) is 4.31 Å². The fourth-order valence-corrected chi connectivity index (χ4v) is 5.42. The number of rotatable bonds is 6. The van der Waals surface area contributed by atoms with Gasteiger partial charge in [-0.25, -0.2) is 8.42 Å². The Bertz CT molecular complexity index is 682. The Morgan fingerprint density at radius 3 is 2.15 bits per heavy atom. The maximum atomic E-state index is 12.7. The highest BCUT2D eigenvalue weighted by Gasteiger charge is 2.30. The molecule has 3 rings (SSSR count). The van der Waals surface area contributed by atoms with E-state index < -0.39 is 16.1 Å². The highest BCUT2D eigenvalue weighted by Crippen LogP contribution is 2.17. The van der Waals surface area contributed by atoms with Gasteiger partial charge in [-0.3, -0.25) is 9.80 Å². The smallest absolute Gasteiger partial charge is 0.243 e. The van der Waals surface area contributed by atoms with Crippen LogP contribution in [0.15, 0.2) is 35.2 Å². The molecule has 0 aromatic heterocycles. The Morgan fingerprint density at radius 1 is 1.00 bits per heavy atom. The predicted molar refractivity (Wildman–Crippen MR) is 104 cm³/mol. The van der Waals surface area contributed by atoms with E-state index in [0.717, 1.165) is 13.1 Å². The summed E-state index contributed by atoms with van der Waals surface area (Å²) in [6.45, 7) is 9.17. The maximum Gasteiger partial charge on any atom is 0.243 e. The third-order valence-electron chi connectivity index (χ3n) is 5.15. The standard InChI is InChI=1S/C19H31N3O4S/c1-16-12-21(13-17(2)26-16)15-18(23)14-20-8-10-22(11-9-20)27(24,25)19-6-4-3-5-7-19/h3-7,16-18,23H,8-15H2,1-2H3. The van der Waals surface area contributed by atoms with Gasteiger partial charge in [-0.1, -0.05) is 18.2 Å². The summed E-state index contributed by atoms with van der Waals surface area (Å²) in [4.78, 5) is 4.74. The number of nitrogens with zero attached hydrogens (tertiary/aromatic N) is 3. The van der Waals surface area contributed by atoms with Crippen molar-refractivity contribution >= 4 is 10.0 Å². The normalized spacial score (nSPS) is 27.5. The molecule has 2 fully saturated rings. The van der Waals surface area contributed by atoms with Crippen molar-refractivity contribution in [1.29, 1.82) is 0 Å². The molecule has 2 aliphatic heterocycles. The summed E-state index contributed by atoms with van der Waals surface area (Å²) < 4.78 is 32.6. The van der Waals surface area contributed by atoms with Gasteiger partial charge in [0.2, 0.25) is 10.0 Å². The molecule has 1 aromatic rings. The average Bonchev–Trinajstić information content (AvgIpc) is 2.62. The van der Waals surface area contributed by atoms with Crippen LogP contribution in [0, 0.1) is 0 Å². The maximum absolute atomic E-state index is 12.7. The van der Waals surface area contributed by atoms with Gasteiger partial charge < -0.3 is 9.84 Å². The van der Waals surface area contributed by atoms with Crippen LogP contribution in [0.1, 0.15) is 13.8 Å². The Morgan fingerprint density at radius 2 is 1.56 bits per heavy atom. The van der Waals surface area contributed by atoms with E-state index in [1.54, 1.807) is 24.3 Å². The molecule has 3 atom stereocenters. The van der Waals surface area contributed by atoms with Gasteiger partial charge in [0, 0.05) is 52.4 Å². The van der Waals surface area contributed by atoms with E-state index >= 15 is 0 Å². The molecule has 2 aliphatic rings. The summed E-state index contributed by atoms with van der Waals surface area (Å²) in [5.74, 6) is 0. The molecule has 7 nitrogen and oxygen atoms in total. The van der Waals surface area contributed by atoms with Crippen LogP contribution >= 0.6 is 0 Å². The summed E-state index contributed by atoms with van der Waals surface area (Å²) in [5.41, 5.74) is 0. The highest BCUT2D eigenvalue weighted by atomic mass is 32.2. The molecular formula is C19H31N3O4S. The van der Waals surface area contributed by atoms with E-state index in [9.17, 15) is 13.5 Å². The Balaban J connectivity index is 1.46. The van der Waals surface area contributed by atoms with Gasteiger partial charge >= 0.3 is 0 Å². The van der Waals surface area contributed by atoms with Crippen LogP contribution in [0.5, 0.6) is 0 Å². The summed E-state index contributed by atoms with van der Waals surface area (Å²) in [6, 6.07) is 8.57. The number of aliphatic hydroxyl groups is 1. The first-order chi connectivity index (χ1) is 12.8. The van der Waals surface area contributed by atoms with E-state index in [-0.39, 0.29) is 12.2 Å². The Labute approximate surface area is 162 Å². The van der Waals surface area contributed by atoms with Crippen molar-refractivity contribution in [1.82, 2.24) is 14.1 Å². The lowest BCUT2D eigenvalue weighted by Crippen LogP contribution is -2.53. The minimum absolute atomic E-state index is 0.188. The second-order valence-corrected chi connectivity index (χ2v) is 9.59. The molecule has 0 amide bonds. The van der Waals surface area contributed by atoms with Crippen LogP contribution in [0.3, 0.4) is 0 Å². The zero-order chi connectivity index (χ0) is 19.4. The van der Waals surface area contributed by atoms with Crippen LogP contribution in [0.2, 0.25) is 0 Å². The van der Waals surface area contributed by atoms with Gasteiger partial charge in [-0.15, -0.1) is 0 Å². The largest absolute Gasteiger partial charge is 0.390 e. The molecule has 0 saturated carbocycles. The van der Waals surface area contributed by atoms with Crippen molar-refractivity contribution in [3.63, 3.8) is 0 Å². The second kappa shape index (κ2) is 8.98. The molecule has 1 N–H and O–H groups in total. The van der Waals surface area contributed by atoms with Crippen molar-refractivity contribution in [3.05, 3.63) is 30.3 Å². The first-order valence-electron chi connectivity index (χ1n) is 9.68. The fraction of sp³-hybridized carbons (Fsp3) is 0.684. The van der Waals surface area contributed by atoms with Crippen LogP contribution in [-0.2, 0) is 14.8 Å². The lowest BCUT2D eigenvalue weighted by Gasteiger charge is -2.38. The number of β-amino-alcohol motifs (C(OH)–C–C–N with tert-alkyl or cyclic N) is 1. The van der Waals surface area contributed by atoms with E-state index in [0.29, 0.717) is 44.2 Å². The molecular weight excluding hydrogens is 366 g/mol. The Hall–Kier alpha value is -1.03. The molecule has 8 heteroatoms. The predicted octanol–water partition coefficient (Wildman–Crippen LogP) is 0.463. The van der Waals surface area contributed by atoms with Gasteiger partial charge in [-0.2, -0.15) is 4.31 Å². The fourth-order valence-electron chi connectivity index (χ4n) is 3.98. The molecule has 0 spiro atoms. The minimum Gasteiger partial charge on any atom is -0.390 e. The van der Waals surface area contributed by atoms with Crippen LogP contribution < -0.4 is 0 Å². The number of piperazine rings is 1. The minimum atomic E-state index is -3.43. The first-order valence-corrected chi connectivity index (χ1v) is 11.1. The lowest BCUT2D eigenvalue weighted by atomic mass is 10.2. The summed E-state index contributed by atoms with van der Waals surface area (Å²) in [7, 11) is -3.43. The number of hydrogen-bond donors (Lipinski definition) is 1. The van der Waals surface area contributed by atoms with Gasteiger partial charge in [0.1, 0.15) is 0 Å². The van der Waals surface area contributed by atoms with E-state index in [4.69, 9.17) is 4.74 Å². The van der Waals surface area contributed by atoms with Crippen molar-refractivity contribution in [2.75, 3.05) is 52.4 Å². The van der Waals surface area contributed by atoms with Gasteiger partial charge in [-0.05, 0) is 26.0 Å². The number of aliphatic hydroxyl groups excluding tert-OH is 1. The SMILES string of the molecule is CC1CN(CC(O)CN2CCN(S(=O)(=O)c3ccccc3)CC2)CC(C)O1. The van der Waals surface area contributed by atoms with Gasteiger partial charge in [0.15, 0.2) is 0 Å². The van der Waals surface area contributed by atoms with Crippen molar-refractivity contribution in [2.24, 2.45) is 0 Å². The summed E-state index contributed by atoms with van der Waals surface area (Å²) in [6.07, 6.45) is -0.0693. The topological polar surface area (TPSA) is 73.3 Å². The summed E-state index contributed by atoms with van der Waals surface area (Å²) >= 11 is 0. The lowest BCUT2D eigenvalue weighted by molar-refractivity contribution is -0.0782. The number of sulfonamides is 1. The highest BCUT2D eigenvalue weighted by molar-refractivity contribution is 7.89. The van der Waals surface area contributed by atoms with Crippen LogP contribution in [0.25, 0.3) is 0 Å². The Kier molecular flexibility index (Phi) is 6.88. The molecule has 3 unspecified atom stereocenters. The van der Waals surface area contributed by atoms with E-state index in [1.807, 2.05) is 6.07 Å². The molecule has 2 heterocycles. The molecule has 152 valence electrons. The third kappa shape index (κ3) is 5.49. The monoisotopic (exact) mass is 397 g/mol. The zero-order valence-electron chi connectivity index (χ0n) is 16.2. The van der Waals surface area contributed by atoms with Crippen LogP contribution in [-0.4, -0.2) is 98.3 Å². The quantitative estimate of drug-likeness (QED) is 0.752. The molecule has 0 aliphatic carbocycles. The first kappa shape index (κ1) is 20.7. The van der Waals surface area contributed by atoms with Gasteiger partial charge in [0.25, 0.3) is 0 Å². The van der Waals surface area contributed by atoms with Crippen molar-refractivity contribution in [3.8, 4) is 0 Å². The number of hydrogen-bond acceptors (Lipinski definition) is 6.